The monoisotopic (exact) mass is 441 g/mol. The van der Waals surface area contributed by atoms with Crippen LogP contribution in [0.3, 0.4) is 0 Å². The minimum atomic E-state index is -0.741. The van der Waals surface area contributed by atoms with Crippen molar-refractivity contribution in [3.05, 3.63) is 51.5 Å². The minimum Gasteiger partial charge on any atom is -0.479 e. The van der Waals surface area contributed by atoms with Gasteiger partial charge in [0.15, 0.2) is 6.10 Å². The summed E-state index contributed by atoms with van der Waals surface area (Å²) in [6.45, 7) is 5.50. The normalized spacial score (nSPS) is 16.0. The molecule has 0 aromatic heterocycles. The van der Waals surface area contributed by atoms with Crippen molar-refractivity contribution < 1.29 is 9.53 Å². The first-order valence-corrected chi connectivity index (χ1v) is 10.1. The molecule has 3 rings (SSSR count). The summed E-state index contributed by atoms with van der Waals surface area (Å²) >= 11 is 18.4. The number of nitrogens with one attached hydrogen (secondary N) is 1. The van der Waals surface area contributed by atoms with Gasteiger partial charge < -0.3 is 19.9 Å². The van der Waals surface area contributed by atoms with Crippen molar-refractivity contribution in [1.82, 2.24) is 4.90 Å². The molecule has 0 spiro atoms. The maximum atomic E-state index is 12.5. The molecular formula is C20H22Cl3N3O2. The Kier molecular flexibility index (Phi) is 6.94. The molecule has 1 N–H and O–H groups in total. The summed E-state index contributed by atoms with van der Waals surface area (Å²) in [6.07, 6.45) is -0.741. The summed E-state index contributed by atoms with van der Waals surface area (Å²) in [7, 11) is 2.11. The highest BCUT2D eigenvalue weighted by atomic mass is 35.5. The summed E-state index contributed by atoms with van der Waals surface area (Å²) in [5, 5.41) is 4.29. The molecule has 5 nitrogen and oxygen atoms in total. The highest BCUT2D eigenvalue weighted by Crippen LogP contribution is 2.30. The Bertz CT molecular complexity index is 855. The second kappa shape index (κ2) is 9.23. The van der Waals surface area contributed by atoms with E-state index in [1.807, 2.05) is 12.1 Å². The highest BCUT2D eigenvalue weighted by molar-refractivity contribution is 6.35. The van der Waals surface area contributed by atoms with E-state index in [9.17, 15) is 4.79 Å². The van der Waals surface area contributed by atoms with Crippen LogP contribution in [0, 0.1) is 0 Å². The zero-order valence-corrected chi connectivity index (χ0v) is 18.0. The Morgan fingerprint density at radius 3 is 2.39 bits per heavy atom. The number of amides is 1. The average Bonchev–Trinajstić information content (AvgIpc) is 2.65. The standard InChI is InChI=1S/C20H22Cl3N3O2/c1-13(28-19-6-3-14(21)11-17(19)23)20(27)24-15-4-5-18(16(22)12-15)26-9-7-25(2)8-10-26/h3-6,11-13H,7-10H2,1-2H3,(H,24,27)/t13-/m1/s1. The molecule has 1 heterocycles. The summed E-state index contributed by atoms with van der Waals surface area (Å²) < 4.78 is 5.64. The molecule has 2 aromatic carbocycles. The molecule has 0 bridgehead atoms. The number of hydrogen-bond acceptors (Lipinski definition) is 4. The largest absolute Gasteiger partial charge is 0.479 e. The lowest BCUT2D eigenvalue weighted by molar-refractivity contribution is -0.122. The number of anilines is 2. The lowest BCUT2D eigenvalue weighted by Crippen LogP contribution is -2.44. The predicted molar refractivity (Wildman–Crippen MR) is 116 cm³/mol. The average molecular weight is 443 g/mol. The lowest BCUT2D eigenvalue weighted by Gasteiger charge is -2.34. The number of ether oxygens (including phenoxy) is 1. The SMILES string of the molecule is C[C@@H](Oc1ccc(Cl)cc1Cl)C(=O)Nc1ccc(N2CCN(C)CC2)c(Cl)c1. The van der Waals surface area contributed by atoms with Gasteiger partial charge in [-0.05, 0) is 50.4 Å². The number of nitrogens with zero attached hydrogens (tertiary/aromatic N) is 2. The topological polar surface area (TPSA) is 44.8 Å². The van der Waals surface area contributed by atoms with E-state index in [1.54, 1.807) is 31.2 Å². The van der Waals surface area contributed by atoms with Crippen LogP contribution in [-0.4, -0.2) is 50.1 Å². The van der Waals surface area contributed by atoms with Crippen LogP contribution in [0.5, 0.6) is 5.75 Å². The van der Waals surface area contributed by atoms with E-state index in [4.69, 9.17) is 39.5 Å². The van der Waals surface area contributed by atoms with Gasteiger partial charge in [-0.25, -0.2) is 0 Å². The summed E-state index contributed by atoms with van der Waals surface area (Å²) in [5.74, 6) is 0.103. The van der Waals surface area contributed by atoms with Gasteiger partial charge in [-0.2, -0.15) is 0 Å². The smallest absolute Gasteiger partial charge is 0.265 e. The number of hydrogen-bond donors (Lipinski definition) is 1. The van der Waals surface area contributed by atoms with Crippen LogP contribution in [0.1, 0.15) is 6.92 Å². The van der Waals surface area contributed by atoms with Crippen LogP contribution in [0.4, 0.5) is 11.4 Å². The second-order valence-corrected chi connectivity index (χ2v) is 8.03. The van der Waals surface area contributed by atoms with Crippen molar-refractivity contribution >= 4 is 52.1 Å². The van der Waals surface area contributed by atoms with Gasteiger partial charge in [0, 0.05) is 36.9 Å². The van der Waals surface area contributed by atoms with E-state index in [0.29, 0.717) is 26.5 Å². The fourth-order valence-corrected chi connectivity index (χ4v) is 3.70. The number of carbonyl (C=O) groups is 1. The second-order valence-electron chi connectivity index (χ2n) is 6.78. The third kappa shape index (κ3) is 5.23. The Hall–Kier alpha value is -1.66. The molecule has 1 amide bonds. The zero-order valence-electron chi connectivity index (χ0n) is 15.7. The summed E-state index contributed by atoms with van der Waals surface area (Å²) in [5.41, 5.74) is 1.59. The van der Waals surface area contributed by atoms with E-state index in [-0.39, 0.29) is 5.91 Å². The molecule has 150 valence electrons. The first-order chi connectivity index (χ1) is 13.3. The summed E-state index contributed by atoms with van der Waals surface area (Å²) in [6, 6.07) is 10.4. The fourth-order valence-electron chi connectivity index (χ4n) is 2.95. The van der Waals surface area contributed by atoms with Gasteiger partial charge in [-0.3, -0.25) is 4.79 Å². The lowest BCUT2D eigenvalue weighted by atomic mass is 10.2. The van der Waals surface area contributed by atoms with Crippen LogP contribution in [0.2, 0.25) is 15.1 Å². The van der Waals surface area contributed by atoms with Crippen molar-refractivity contribution in [3.8, 4) is 5.75 Å². The van der Waals surface area contributed by atoms with E-state index in [2.05, 4.69) is 22.2 Å². The first kappa shape index (κ1) is 21.1. The van der Waals surface area contributed by atoms with E-state index < -0.39 is 6.10 Å². The number of halogens is 3. The van der Waals surface area contributed by atoms with E-state index in [0.717, 1.165) is 31.9 Å². The molecule has 1 atom stereocenters. The molecule has 0 aliphatic carbocycles. The zero-order chi connectivity index (χ0) is 20.3. The Balaban J connectivity index is 1.62. The molecule has 2 aromatic rings. The molecule has 0 unspecified atom stereocenters. The van der Waals surface area contributed by atoms with Crippen molar-refractivity contribution in [2.45, 2.75) is 13.0 Å². The van der Waals surface area contributed by atoms with E-state index in [1.165, 1.54) is 0 Å². The third-order valence-corrected chi connectivity index (χ3v) is 5.46. The van der Waals surface area contributed by atoms with Gasteiger partial charge in [0.1, 0.15) is 5.75 Å². The van der Waals surface area contributed by atoms with Crippen LogP contribution in [0.15, 0.2) is 36.4 Å². The predicted octanol–water partition coefficient (Wildman–Crippen LogP) is 4.80. The van der Waals surface area contributed by atoms with Crippen molar-refractivity contribution in [2.75, 3.05) is 43.4 Å². The Labute approximate surface area is 180 Å². The molecule has 1 aliphatic rings. The quantitative estimate of drug-likeness (QED) is 0.722. The number of carbonyl (C=O) groups excluding carboxylic acids is 1. The van der Waals surface area contributed by atoms with Crippen molar-refractivity contribution in [1.29, 1.82) is 0 Å². The van der Waals surface area contributed by atoms with Gasteiger partial charge in [0.05, 0.1) is 15.7 Å². The molecule has 1 aliphatic heterocycles. The van der Waals surface area contributed by atoms with Crippen LogP contribution < -0.4 is 15.0 Å². The molecular weight excluding hydrogens is 421 g/mol. The highest BCUT2D eigenvalue weighted by Gasteiger charge is 2.19. The maximum absolute atomic E-state index is 12.5. The molecule has 0 saturated carbocycles. The molecule has 28 heavy (non-hydrogen) atoms. The maximum Gasteiger partial charge on any atom is 0.265 e. The molecule has 1 fully saturated rings. The van der Waals surface area contributed by atoms with Crippen molar-refractivity contribution in [3.63, 3.8) is 0 Å². The Morgan fingerprint density at radius 2 is 1.75 bits per heavy atom. The van der Waals surface area contributed by atoms with Crippen LogP contribution in [0.25, 0.3) is 0 Å². The van der Waals surface area contributed by atoms with Crippen molar-refractivity contribution in [2.24, 2.45) is 0 Å². The van der Waals surface area contributed by atoms with Crippen LogP contribution in [-0.2, 0) is 4.79 Å². The van der Waals surface area contributed by atoms with E-state index >= 15 is 0 Å². The molecule has 0 radical (unpaired) electrons. The minimum absolute atomic E-state index is 0.297. The number of likely N-dealkylation sites (N-methyl/N-ethyl adjacent to an activating group) is 1. The third-order valence-electron chi connectivity index (χ3n) is 4.63. The number of benzene rings is 2. The van der Waals surface area contributed by atoms with Gasteiger partial charge in [-0.1, -0.05) is 34.8 Å². The number of piperazine rings is 1. The molecule has 1 saturated heterocycles. The van der Waals surface area contributed by atoms with Crippen LogP contribution >= 0.6 is 34.8 Å². The van der Waals surface area contributed by atoms with Gasteiger partial charge in [0.25, 0.3) is 5.91 Å². The van der Waals surface area contributed by atoms with Gasteiger partial charge in [0.2, 0.25) is 0 Å². The van der Waals surface area contributed by atoms with Gasteiger partial charge >= 0.3 is 0 Å². The molecule has 8 heteroatoms. The summed E-state index contributed by atoms with van der Waals surface area (Å²) in [4.78, 5) is 17.0. The Morgan fingerprint density at radius 1 is 1.04 bits per heavy atom. The number of rotatable bonds is 5. The fraction of sp³-hybridized carbons (Fsp3) is 0.350. The first-order valence-electron chi connectivity index (χ1n) is 8.99. The van der Waals surface area contributed by atoms with Gasteiger partial charge in [-0.15, -0.1) is 0 Å².